The molecule has 15 heavy (non-hydrogen) atoms. The fourth-order valence-electron chi connectivity index (χ4n) is 1.55. The number of amides is 2. The van der Waals surface area contributed by atoms with Crippen LogP contribution in [0.25, 0.3) is 0 Å². The Labute approximate surface area is 95.5 Å². The van der Waals surface area contributed by atoms with E-state index in [0.29, 0.717) is 17.7 Å². The molecule has 0 atom stereocenters. The minimum Gasteiger partial charge on any atom is -0.270 e. The van der Waals surface area contributed by atoms with Gasteiger partial charge in [0.15, 0.2) is 0 Å². The molecule has 0 radical (unpaired) electrons. The van der Waals surface area contributed by atoms with Crippen LogP contribution >= 0.6 is 15.9 Å². The molecule has 0 aromatic heterocycles. The highest BCUT2D eigenvalue weighted by Crippen LogP contribution is 2.21. The van der Waals surface area contributed by atoms with Crippen molar-refractivity contribution in [2.45, 2.75) is 0 Å². The molecule has 0 saturated carbocycles. The van der Waals surface area contributed by atoms with Gasteiger partial charge in [0, 0.05) is 6.54 Å². The predicted octanol–water partition coefficient (Wildman–Crippen LogP) is 2.19. The Morgan fingerprint density at radius 1 is 1.13 bits per heavy atom. The monoisotopic (exact) mass is 265 g/mol. The molecule has 4 heteroatoms. The van der Waals surface area contributed by atoms with Crippen molar-refractivity contribution in [3.63, 3.8) is 0 Å². The van der Waals surface area contributed by atoms with E-state index in [9.17, 15) is 9.59 Å². The normalized spacial score (nSPS) is 15.1. The summed E-state index contributed by atoms with van der Waals surface area (Å²) in [6.45, 7) is 0.303. The Morgan fingerprint density at radius 2 is 1.67 bits per heavy atom. The van der Waals surface area contributed by atoms with Crippen LogP contribution in [-0.4, -0.2) is 23.3 Å². The summed E-state index contributed by atoms with van der Waals surface area (Å²) in [5.74, 6) is -0.442. The van der Waals surface area contributed by atoms with Crippen molar-refractivity contribution in [1.82, 2.24) is 4.90 Å². The lowest BCUT2D eigenvalue weighted by atomic mass is 10.1. The molecule has 1 aliphatic heterocycles. The molecule has 2 amide bonds. The molecule has 1 aliphatic rings. The summed E-state index contributed by atoms with van der Waals surface area (Å²) in [6.07, 6.45) is 1.71. The first-order valence-electron chi connectivity index (χ1n) is 4.46. The quantitative estimate of drug-likeness (QED) is 0.769. The molecule has 0 bridgehead atoms. The summed E-state index contributed by atoms with van der Waals surface area (Å²) in [4.78, 5) is 26.4. The Balaban J connectivity index is 2.37. The standard InChI is InChI=1S/C11H8BrNO2/c12-6-3-7-13-10(14)8-4-1-2-5-9(8)11(13)15/h1-6H,7H2/b6-3-. The highest BCUT2D eigenvalue weighted by atomic mass is 79.9. The molecule has 76 valence electrons. The van der Waals surface area contributed by atoms with Crippen LogP contribution in [0.2, 0.25) is 0 Å². The number of benzene rings is 1. The molecule has 0 fully saturated rings. The number of imide groups is 1. The third kappa shape index (κ3) is 1.61. The Kier molecular flexibility index (Phi) is 2.68. The molecule has 1 aromatic carbocycles. The first kappa shape index (κ1) is 10.1. The largest absolute Gasteiger partial charge is 0.270 e. The van der Waals surface area contributed by atoms with Crippen LogP contribution in [0.15, 0.2) is 35.3 Å². The van der Waals surface area contributed by atoms with Gasteiger partial charge in [-0.1, -0.05) is 34.1 Å². The molecule has 3 nitrogen and oxygen atoms in total. The summed E-state index contributed by atoms with van der Waals surface area (Å²) in [6, 6.07) is 6.86. The van der Waals surface area contributed by atoms with E-state index in [1.54, 1.807) is 35.3 Å². The summed E-state index contributed by atoms with van der Waals surface area (Å²) in [7, 11) is 0. The van der Waals surface area contributed by atoms with Gasteiger partial charge in [0.1, 0.15) is 0 Å². The van der Waals surface area contributed by atoms with E-state index in [1.165, 1.54) is 4.90 Å². The number of hydrogen-bond acceptors (Lipinski definition) is 2. The summed E-state index contributed by atoms with van der Waals surface area (Å²) in [5, 5.41) is 0. The van der Waals surface area contributed by atoms with E-state index in [2.05, 4.69) is 15.9 Å². The first-order chi connectivity index (χ1) is 7.25. The van der Waals surface area contributed by atoms with E-state index in [-0.39, 0.29) is 11.8 Å². The number of carbonyl (C=O) groups is 2. The van der Waals surface area contributed by atoms with Crippen LogP contribution in [0, 0.1) is 0 Å². The number of hydrogen-bond donors (Lipinski definition) is 0. The van der Waals surface area contributed by atoms with E-state index in [1.807, 2.05) is 0 Å². The number of fused-ring (bicyclic) bond motifs is 1. The number of rotatable bonds is 2. The van der Waals surface area contributed by atoms with Gasteiger partial charge in [0.2, 0.25) is 0 Å². The van der Waals surface area contributed by atoms with Gasteiger partial charge in [0.05, 0.1) is 11.1 Å². The van der Waals surface area contributed by atoms with Gasteiger partial charge >= 0.3 is 0 Å². The van der Waals surface area contributed by atoms with Gasteiger partial charge in [-0.15, -0.1) is 0 Å². The fourth-order valence-corrected chi connectivity index (χ4v) is 1.72. The molecule has 0 spiro atoms. The number of carbonyl (C=O) groups excluding carboxylic acids is 2. The van der Waals surface area contributed by atoms with Gasteiger partial charge in [0.25, 0.3) is 11.8 Å². The molecule has 0 unspecified atom stereocenters. The smallest absolute Gasteiger partial charge is 0.261 e. The maximum absolute atomic E-state index is 11.8. The van der Waals surface area contributed by atoms with E-state index >= 15 is 0 Å². The van der Waals surface area contributed by atoms with Gasteiger partial charge in [-0.05, 0) is 17.1 Å². The fraction of sp³-hybridized carbons (Fsp3) is 0.0909. The highest BCUT2D eigenvalue weighted by molar-refractivity contribution is 9.11. The lowest BCUT2D eigenvalue weighted by molar-refractivity contribution is 0.0672. The van der Waals surface area contributed by atoms with Crippen molar-refractivity contribution in [1.29, 1.82) is 0 Å². The molecule has 0 saturated heterocycles. The van der Waals surface area contributed by atoms with Gasteiger partial charge in [-0.3, -0.25) is 14.5 Å². The zero-order chi connectivity index (χ0) is 10.8. The van der Waals surface area contributed by atoms with Crippen LogP contribution in [0.4, 0.5) is 0 Å². The molecular formula is C11H8BrNO2. The minimum absolute atomic E-state index is 0.221. The average Bonchev–Trinajstić information content (AvgIpc) is 2.51. The van der Waals surface area contributed by atoms with Gasteiger partial charge in [-0.25, -0.2) is 0 Å². The second kappa shape index (κ2) is 3.98. The second-order valence-corrected chi connectivity index (χ2v) is 3.66. The van der Waals surface area contributed by atoms with E-state index in [0.717, 1.165) is 0 Å². The minimum atomic E-state index is -0.221. The SMILES string of the molecule is O=C1c2ccccc2C(=O)N1C/C=C\Br. The van der Waals surface area contributed by atoms with Gasteiger partial charge < -0.3 is 0 Å². The average molecular weight is 266 g/mol. The van der Waals surface area contributed by atoms with E-state index < -0.39 is 0 Å². The van der Waals surface area contributed by atoms with Crippen LogP contribution in [-0.2, 0) is 0 Å². The van der Waals surface area contributed by atoms with Crippen molar-refractivity contribution in [3.05, 3.63) is 46.5 Å². The maximum Gasteiger partial charge on any atom is 0.261 e. The Morgan fingerprint density at radius 3 is 2.13 bits per heavy atom. The van der Waals surface area contributed by atoms with Crippen LogP contribution in [0.5, 0.6) is 0 Å². The second-order valence-electron chi connectivity index (χ2n) is 3.13. The van der Waals surface area contributed by atoms with Crippen molar-refractivity contribution in [2.75, 3.05) is 6.54 Å². The Hall–Kier alpha value is -1.42. The molecule has 1 heterocycles. The third-order valence-electron chi connectivity index (χ3n) is 2.26. The molecular weight excluding hydrogens is 258 g/mol. The van der Waals surface area contributed by atoms with Crippen LogP contribution in [0.3, 0.4) is 0 Å². The summed E-state index contributed by atoms with van der Waals surface area (Å²) in [5.41, 5.74) is 0.982. The summed E-state index contributed by atoms with van der Waals surface area (Å²) >= 11 is 3.10. The Bertz CT molecular complexity index is 419. The molecule has 2 rings (SSSR count). The van der Waals surface area contributed by atoms with Crippen LogP contribution < -0.4 is 0 Å². The predicted molar refractivity (Wildman–Crippen MR) is 59.9 cm³/mol. The number of halogens is 1. The highest BCUT2D eigenvalue weighted by Gasteiger charge is 2.33. The first-order valence-corrected chi connectivity index (χ1v) is 5.37. The van der Waals surface area contributed by atoms with Gasteiger partial charge in [-0.2, -0.15) is 0 Å². The van der Waals surface area contributed by atoms with Crippen molar-refractivity contribution in [3.8, 4) is 0 Å². The zero-order valence-corrected chi connectivity index (χ0v) is 9.40. The lowest BCUT2D eigenvalue weighted by Gasteiger charge is -2.09. The van der Waals surface area contributed by atoms with Crippen molar-refractivity contribution >= 4 is 27.7 Å². The van der Waals surface area contributed by atoms with Crippen molar-refractivity contribution in [2.24, 2.45) is 0 Å². The molecule has 0 aliphatic carbocycles. The number of nitrogens with zero attached hydrogens (tertiary/aromatic N) is 1. The van der Waals surface area contributed by atoms with E-state index in [4.69, 9.17) is 0 Å². The maximum atomic E-state index is 11.8. The van der Waals surface area contributed by atoms with Crippen molar-refractivity contribution < 1.29 is 9.59 Å². The summed E-state index contributed by atoms with van der Waals surface area (Å²) < 4.78 is 0. The van der Waals surface area contributed by atoms with Crippen LogP contribution in [0.1, 0.15) is 20.7 Å². The topological polar surface area (TPSA) is 37.4 Å². The third-order valence-corrected chi connectivity index (χ3v) is 2.63. The lowest BCUT2D eigenvalue weighted by Crippen LogP contribution is -2.29. The molecule has 0 N–H and O–H groups in total. The molecule has 1 aromatic rings. The zero-order valence-electron chi connectivity index (χ0n) is 7.81.